The van der Waals surface area contributed by atoms with Gasteiger partial charge in [-0.3, -0.25) is 4.79 Å². The molecule has 29 heavy (non-hydrogen) atoms. The largest absolute Gasteiger partial charge is 0.477 e. The van der Waals surface area contributed by atoms with Crippen molar-refractivity contribution in [1.29, 1.82) is 0 Å². The highest BCUT2D eigenvalue weighted by Crippen LogP contribution is 2.33. The Morgan fingerprint density at radius 2 is 2.00 bits per heavy atom. The number of nitrogens with one attached hydrogen (secondary N) is 2. The lowest BCUT2D eigenvalue weighted by Crippen LogP contribution is -2.25. The molecule has 1 atom stereocenters. The zero-order chi connectivity index (χ0) is 20.5. The highest BCUT2D eigenvalue weighted by atomic mass is 79.9. The smallest absolute Gasteiger partial charge is 0.352 e. The standard InChI is InChI=1S/C21H17BrN4O3/c1-12-4-2-7-15(8-12)24-20(27)16-11-23-26-18(13-5-3-6-14(22)9-13)10-17(21(28)29)25-19(16)26/h2-11,18,25H,1H3,(H,24,27)(H,28,29). The number of fused-ring (bicyclic) bond motifs is 1. The summed E-state index contributed by atoms with van der Waals surface area (Å²) in [6.07, 6.45) is 3.02. The van der Waals surface area contributed by atoms with Crippen LogP contribution in [0.1, 0.15) is 27.5 Å². The molecule has 0 aliphatic carbocycles. The number of aromatic nitrogens is 2. The summed E-state index contributed by atoms with van der Waals surface area (Å²) in [6, 6.07) is 14.5. The zero-order valence-electron chi connectivity index (χ0n) is 15.4. The van der Waals surface area contributed by atoms with Gasteiger partial charge in [0.05, 0.1) is 12.2 Å². The van der Waals surface area contributed by atoms with E-state index in [0.717, 1.165) is 15.6 Å². The number of hydrogen-bond donors (Lipinski definition) is 3. The minimum atomic E-state index is -1.11. The van der Waals surface area contributed by atoms with Crippen LogP contribution >= 0.6 is 15.9 Å². The molecule has 0 fully saturated rings. The van der Waals surface area contributed by atoms with Gasteiger partial charge in [0.2, 0.25) is 0 Å². The van der Waals surface area contributed by atoms with E-state index in [4.69, 9.17) is 0 Å². The van der Waals surface area contributed by atoms with E-state index < -0.39 is 12.0 Å². The lowest BCUT2D eigenvalue weighted by Gasteiger charge is -2.24. The number of carboxylic acid groups (broad SMARTS) is 1. The minimum absolute atomic E-state index is 0.00687. The summed E-state index contributed by atoms with van der Waals surface area (Å²) >= 11 is 3.44. The Bertz CT molecular complexity index is 1150. The van der Waals surface area contributed by atoms with Crippen LogP contribution in [0.2, 0.25) is 0 Å². The summed E-state index contributed by atoms with van der Waals surface area (Å²) < 4.78 is 2.48. The van der Waals surface area contributed by atoms with Gasteiger partial charge in [0, 0.05) is 10.2 Å². The van der Waals surface area contributed by atoms with Gasteiger partial charge in [-0.15, -0.1) is 0 Å². The molecule has 0 spiro atoms. The summed E-state index contributed by atoms with van der Waals surface area (Å²) in [5.74, 6) is -1.15. The van der Waals surface area contributed by atoms with Crippen molar-refractivity contribution in [2.75, 3.05) is 10.6 Å². The molecule has 3 aromatic rings. The number of aryl methyl sites for hydroxylation is 1. The molecule has 1 amide bonds. The molecule has 7 nitrogen and oxygen atoms in total. The number of hydrogen-bond acceptors (Lipinski definition) is 4. The average Bonchev–Trinajstić information content (AvgIpc) is 3.11. The van der Waals surface area contributed by atoms with Crippen LogP contribution in [0.3, 0.4) is 0 Å². The van der Waals surface area contributed by atoms with Crippen molar-refractivity contribution in [3.63, 3.8) is 0 Å². The second-order valence-corrected chi connectivity index (χ2v) is 7.60. The van der Waals surface area contributed by atoms with Crippen LogP contribution in [0.5, 0.6) is 0 Å². The first kappa shape index (κ1) is 18.9. The van der Waals surface area contributed by atoms with Crippen molar-refractivity contribution in [2.24, 2.45) is 0 Å². The number of carbonyl (C=O) groups is 2. The number of amides is 1. The first-order chi connectivity index (χ1) is 13.9. The van der Waals surface area contributed by atoms with E-state index in [1.54, 1.807) is 16.8 Å². The van der Waals surface area contributed by atoms with Crippen molar-refractivity contribution in [2.45, 2.75) is 13.0 Å². The molecule has 0 saturated heterocycles. The lowest BCUT2D eigenvalue weighted by molar-refractivity contribution is -0.132. The van der Waals surface area contributed by atoms with Crippen LogP contribution in [0, 0.1) is 6.92 Å². The molecule has 3 N–H and O–H groups in total. The molecule has 1 aromatic heterocycles. The van der Waals surface area contributed by atoms with Crippen LogP contribution in [-0.4, -0.2) is 26.8 Å². The van der Waals surface area contributed by atoms with E-state index in [0.29, 0.717) is 11.5 Å². The van der Waals surface area contributed by atoms with Gasteiger partial charge in [-0.25, -0.2) is 9.48 Å². The molecule has 4 rings (SSSR count). The number of nitrogens with zero attached hydrogens (tertiary/aromatic N) is 2. The topological polar surface area (TPSA) is 96.3 Å². The molecule has 146 valence electrons. The number of carboxylic acids is 1. The van der Waals surface area contributed by atoms with Gasteiger partial charge in [-0.2, -0.15) is 5.10 Å². The molecule has 2 heterocycles. The summed E-state index contributed by atoms with van der Waals surface area (Å²) in [7, 11) is 0. The zero-order valence-corrected chi connectivity index (χ0v) is 17.0. The first-order valence-electron chi connectivity index (χ1n) is 8.85. The van der Waals surface area contributed by atoms with Crippen LogP contribution in [0.25, 0.3) is 0 Å². The second kappa shape index (κ2) is 7.56. The predicted molar refractivity (Wildman–Crippen MR) is 113 cm³/mol. The number of anilines is 2. The summed E-state index contributed by atoms with van der Waals surface area (Å²) in [6.45, 7) is 1.94. The predicted octanol–water partition coefficient (Wildman–Crippen LogP) is 4.19. The monoisotopic (exact) mass is 452 g/mol. The molecular formula is C21H17BrN4O3. The number of halogens is 1. The molecule has 0 radical (unpaired) electrons. The van der Waals surface area contributed by atoms with Crippen LogP contribution in [0.4, 0.5) is 11.5 Å². The number of carbonyl (C=O) groups excluding carboxylic acids is 1. The van der Waals surface area contributed by atoms with Crippen molar-refractivity contribution < 1.29 is 14.7 Å². The van der Waals surface area contributed by atoms with Gasteiger partial charge in [-0.1, -0.05) is 40.2 Å². The maximum absolute atomic E-state index is 12.9. The third-order valence-corrected chi connectivity index (χ3v) is 5.07. The average molecular weight is 453 g/mol. The van der Waals surface area contributed by atoms with Crippen molar-refractivity contribution in [1.82, 2.24) is 9.78 Å². The van der Waals surface area contributed by atoms with Crippen molar-refractivity contribution in [3.05, 3.63) is 87.7 Å². The third-order valence-electron chi connectivity index (χ3n) is 4.58. The van der Waals surface area contributed by atoms with E-state index in [2.05, 4.69) is 31.7 Å². The molecule has 1 unspecified atom stereocenters. The number of rotatable bonds is 4. The Morgan fingerprint density at radius 3 is 2.72 bits per heavy atom. The highest BCUT2D eigenvalue weighted by Gasteiger charge is 2.29. The summed E-state index contributed by atoms with van der Waals surface area (Å²) in [5, 5.41) is 19.6. The third kappa shape index (κ3) is 3.79. The number of allylic oxidation sites excluding steroid dienone is 1. The maximum Gasteiger partial charge on any atom is 0.352 e. The van der Waals surface area contributed by atoms with Gasteiger partial charge in [0.1, 0.15) is 17.1 Å². The second-order valence-electron chi connectivity index (χ2n) is 6.69. The Kier molecular flexibility index (Phi) is 4.94. The van der Waals surface area contributed by atoms with Crippen LogP contribution in [-0.2, 0) is 4.79 Å². The maximum atomic E-state index is 12.9. The van der Waals surface area contributed by atoms with Gasteiger partial charge in [0.15, 0.2) is 0 Å². The highest BCUT2D eigenvalue weighted by molar-refractivity contribution is 9.10. The van der Waals surface area contributed by atoms with Gasteiger partial charge in [-0.05, 0) is 48.4 Å². The number of aliphatic carboxylic acids is 1. The molecule has 0 saturated carbocycles. The molecule has 8 heteroatoms. The van der Waals surface area contributed by atoms with Crippen LogP contribution in [0.15, 0.2) is 71.0 Å². The Labute approximate surface area is 175 Å². The lowest BCUT2D eigenvalue weighted by atomic mass is 10.0. The van der Waals surface area contributed by atoms with E-state index >= 15 is 0 Å². The Hall–Kier alpha value is -3.39. The SMILES string of the molecule is Cc1cccc(NC(=O)c2cnn3c2NC(C(=O)O)=CC3c2cccc(Br)c2)c1. The van der Waals surface area contributed by atoms with E-state index in [1.807, 2.05) is 49.4 Å². The molecule has 0 bridgehead atoms. The summed E-state index contributed by atoms with van der Waals surface area (Å²) in [4.78, 5) is 24.5. The van der Waals surface area contributed by atoms with E-state index in [9.17, 15) is 14.7 Å². The Balaban J connectivity index is 1.73. The molecular weight excluding hydrogens is 436 g/mol. The van der Waals surface area contributed by atoms with Gasteiger partial charge >= 0.3 is 5.97 Å². The van der Waals surface area contributed by atoms with Crippen LogP contribution < -0.4 is 10.6 Å². The fourth-order valence-corrected chi connectivity index (χ4v) is 3.65. The van der Waals surface area contributed by atoms with Crippen molar-refractivity contribution in [3.8, 4) is 0 Å². The molecule has 1 aliphatic heterocycles. The molecule has 1 aliphatic rings. The van der Waals surface area contributed by atoms with E-state index in [-0.39, 0.29) is 17.2 Å². The fourth-order valence-electron chi connectivity index (χ4n) is 3.24. The number of benzene rings is 2. The van der Waals surface area contributed by atoms with Crippen molar-refractivity contribution >= 4 is 39.3 Å². The minimum Gasteiger partial charge on any atom is -0.477 e. The van der Waals surface area contributed by atoms with E-state index in [1.165, 1.54) is 6.20 Å². The quantitative estimate of drug-likeness (QED) is 0.551. The normalized spacial score (nSPS) is 15.1. The summed E-state index contributed by atoms with van der Waals surface area (Å²) in [5.41, 5.74) is 2.77. The fraction of sp³-hybridized carbons (Fsp3) is 0.0952. The first-order valence-corrected chi connectivity index (χ1v) is 9.65. The van der Waals surface area contributed by atoms with Gasteiger partial charge in [0.25, 0.3) is 5.91 Å². The van der Waals surface area contributed by atoms with Gasteiger partial charge < -0.3 is 15.7 Å². The Morgan fingerprint density at radius 1 is 1.21 bits per heavy atom. The molecule has 2 aromatic carbocycles.